The number of benzene rings is 2. The van der Waals surface area contributed by atoms with Crippen LogP contribution in [0.5, 0.6) is 17.2 Å². The van der Waals surface area contributed by atoms with Gasteiger partial charge >= 0.3 is 17.9 Å². The van der Waals surface area contributed by atoms with Crippen molar-refractivity contribution in [1.29, 1.82) is 0 Å². The summed E-state index contributed by atoms with van der Waals surface area (Å²) in [6, 6.07) is 8.86. The molecule has 1 aliphatic carbocycles. The van der Waals surface area contributed by atoms with Crippen LogP contribution in [0.3, 0.4) is 0 Å². The van der Waals surface area contributed by atoms with Crippen LogP contribution in [0.15, 0.2) is 60.4 Å². The van der Waals surface area contributed by atoms with Crippen LogP contribution in [-0.2, 0) is 33.3 Å². The number of ether oxygens (including phenoxy) is 5. The van der Waals surface area contributed by atoms with Gasteiger partial charge in [0, 0.05) is 12.0 Å². The van der Waals surface area contributed by atoms with Gasteiger partial charge in [-0.25, -0.2) is 14.4 Å². The minimum absolute atomic E-state index is 0.0187. The maximum Gasteiger partial charge on any atom is 0.338 e. The molecule has 0 unspecified atom stereocenters. The molecule has 3 aliphatic rings. The van der Waals surface area contributed by atoms with Gasteiger partial charge in [-0.2, -0.15) is 0 Å². The molecule has 252 valence electrons. The molecule has 1 saturated heterocycles. The van der Waals surface area contributed by atoms with Gasteiger partial charge in [-0.15, -0.1) is 0 Å². The van der Waals surface area contributed by atoms with Crippen LogP contribution in [0, 0.1) is 11.8 Å². The predicted octanol–water partition coefficient (Wildman–Crippen LogP) is 1.15. The zero-order valence-electron chi connectivity index (χ0n) is 24.9. The van der Waals surface area contributed by atoms with E-state index in [1.54, 1.807) is 0 Å². The summed E-state index contributed by atoms with van der Waals surface area (Å²) in [6.45, 7) is 0.888. The Kier molecular flexibility index (Phi) is 9.74. The molecule has 2 aromatic rings. The van der Waals surface area contributed by atoms with E-state index in [1.165, 1.54) is 55.5 Å². The molecule has 0 bridgehead atoms. The van der Waals surface area contributed by atoms with Gasteiger partial charge in [-0.3, -0.25) is 0 Å². The third-order valence-electron chi connectivity index (χ3n) is 8.44. The summed E-state index contributed by atoms with van der Waals surface area (Å²) < 4.78 is 28.2. The van der Waals surface area contributed by atoms with Gasteiger partial charge in [-0.1, -0.05) is 6.07 Å². The Bertz CT molecular complexity index is 1550. The number of aliphatic hydroxyl groups excluding tert-OH is 2. The van der Waals surface area contributed by atoms with E-state index in [0.29, 0.717) is 12.0 Å². The monoisotopic (exact) mass is 658 g/mol. The molecule has 1 saturated carbocycles. The normalized spacial score (nSPS) is 31.8. The second-order valence-corrected chi connectivity index (χ2v) is 11.7. The zero-order chi connectivity index (χ0) is 34.0. The van der Waals surface area contributed by atoms with E-state index >= 15 is 0 Å². The Balaban J connectivity index is 1.35. The molecule has 15 heteroatoms. The smallest absolute Gasteiger partial charge is 0.338 e. The third-order valence-corrected chi connectivity index (χ3v) is 8.44. The highest BCUT2D eigenvalue weighted by Crippen LogP contribution is 2.49. The minimum atomic E-state index is -1.86. The second kappa shape index (κ2) is 13.6. The van der Waals surface area contributed by atoms with Crippen molar-refractivity contribution in [3.8, 4) is 17.2 Å². The second-order valence-electron chi connectivity index (χ2n) is 11.7. The molecule has 15 nitrogen and oxygen atoms in total. The molecule has 47 heavy (non-hydrogen) atoms. The highest BCUT2D eigenvalue weighted by atomic mass is 16.8. The number of carboxylic acid groups (broad SMARTS) is 1. The van der Waals surface area contributed by atoms with E-state index in [4.69, 9.17) is 23.7 Å². The van der Waals surface area contributed by atoms with Crippen molar-refractivity contribution >= 4 is 24.0 Å². The summed E-state index contributed by atoms with van der Waals surface area (Å²) in [4.78, 5) is 37.3. The Labute approximate surface area is 267 Å². The van der Waals surface area contributed by atoms with Crippen molar-refractivity contribution in [2.75, 3.05) is 6.61 Å². The largest absolute Gasteiger partial charge is 0.508 e. The number of fused-ring (bicyclic) bond motifs is 1. The fraction of sp³-hybridized carbons (Fsp3) is 0.406. The van der Waals surface area contributed by atoms with E-state index in [0.717, 1.165) is 12.3 Å². The van der Waals surface area contributed by atoms with Crippen LogP contribution in [-0.4, -0.2) is 103 Å². The average molecular weight is 659 g/mol. The number of carbonyl (C=O) groups excluding carboxylic acids is 2. The number of phenols is 3. The topological polar surface area (TPSA) is 239 Å². The number of aromatic hydroxyl groups is 3. The van der Waals surface area contributed by atoms with E-state index < -0.39 is 84.7 Å². The number of esters is 2. The van der Waals surface area contributed by atoms with Crippen LogP contribution in [0.4, 0.5) is 0 Å². The van der Waals surface area contributed by atoms with E-state index in [2.05, 4.69) is 0 Å². The maximum absolute atomic E-state index is 13.0. The molecule has 2 aromatic carbocycles. The lowest BCUT2D eigenvalue weighted by atomic mass is 9.81. The molecule has 0 amide bonds. The molecule has 2 aliphatic heterocycles. The van der Waals surface area contributed by atoms with Gasteiger partial charge in [0.1, 0.15) is 30.7 Å². The Hall–Kier alpha value is -4.67. The summed E-state index contributed by atoms with van der Waals surface area (Å²) in [6.07, 6.45) is -5.96. The minimum Gasteiger partial charge on any atom is -0.508 e. The van der Waals surface area contributed by atoms with E-state index in [9.17, 15) is 50.1 Å². The number of rotatable bonds is 9. The Morgan fingerprint density at radius 1 is 1.00 bits per heavy atom. The van der Waals surface area contributed by atoms with Gasteiger partial charge in [0.05, 0.1) is 28.9 Å². The van der Waals surface area contributed by atoms with E-state index in [1.807, 2.05) is 0 Å². The number of phenolic OH excluding ortho intramolecular Hbond substituents is 3. The van der Waals surface area contributed by atoms with Crippen LogP contribution < -0.4 is 0 Å². The van der Waals surface area contributed by atoms with Crippen LogP contribution in [0.2, 0.25) is 0 Å². The quantitative estimate of drug-likeness (QED) is 0.114. The predicted molar refractivity (Wildman–Crippen MR) is 156 cm³/mol. The molecular weight excluding hydrogens is 624 g/mol. The van der Waals surface area contributed by atoms with E-state index in [-0.39, 0.29) is 29.1 Å². The van der Waals surface area contributed by atoms with Gasteiger partial charge in [-0.05, 0) is 67.8 Å². The SMILES string of the molecule is C[C@]1(O)CC[C@@H]2C(C(=O)O)=CO[C@@H](O[C@@H]3O[C@H](COC(=O)/C=C/c4ccc(O)c(O)c4)[C@@H](O)[C@H](O)[C@H]3OC(=O)c3ccc(O)cc3)[C@@H]21. The molecule has 9 atom stereocenters. The van der Waals surface area contributed by atoms with Crippen molar-refractivity contribution in [2.24, 2.45) is 11.8 Å². The Morgan fingerprint density at radius 2 is 1.72 bits per heavy atom. The zero-order valence-corrected chi connectivity index (χ0v) is 24.9. The van der Waals surface area contributed by atoms with Crippen molar-refractivity contribution in [3.63, 3.8) is 0 Å². The standard InChI is InChI=1S/C32H34O15/c1-32(42)11-10-18-19(28(39)40)13-44-30(24(18)32)47-31-27(46-29(41)16-4-6-17(33)7-5-16)26(38)25(37)22(45-31)14-43-23(36)9-3-15-2-8-20(34)21(35)12-15/h2-9,12-13,18,22,24-27,30-31,33-35,37-38,42H,10-11,14H2,1H3,(H,39,40)/b9-3+/t18-,22-,24-,25-,26+,27-,30+,31+,32+/m1/s1. The first-order chi connectivity index (χ1) is 22.2. The number of carbonyl (C=O) groups is 3. The summed E-state index contributed by atoms with van der Waals surface area (Å²) in [5.41, 5.74) is -1.16. The van der Waals surface area contributed by atoms with Crippen LogP contribution in [0.25, 0.3) is 6.08 Å². The van der Waals surface area contributed by atoms with Crippen molar-refractivity contribution in [1.82, 2.24) is 0 Å². The molecule has 0 aromatic heterocycles. The molecular formula is C32H34O15. The number of hydrogen-bond donors (Lipinski definition) is 7. The van der Waals surface area contributed by atoms with Gasteiger partial charge in [0.25, 0.3) is 0 Å². The van der Waals surface area contributed by atoms with Crippen LogP contribution in [0.1, 0.15) is 35.7 Å². The summed E-state index contributed by atoms with van der Waals surface area (Å²) >= 11 is 0. The average Bonchev–Trinajstić information content (AvgIpc) is 3.35. The molecule has 7 N–H and O–H groups in total. The number of carboxylic acids is 1. The van der Waals surface area contributed by atoms with Crippen molar-refractivity contribution in [2.45, 2.75) is 62.4 Å². The molecule has 5 rings (SSSR count). The number of aliphatic hydroxyl groups is 3. The maximum atomic E-state index is 13.0. The first kappa shape index (κ1) is 33.7. The number of aliphatic carboxylic acids is 1. The van der Waals surface area contributed by atoms with Gasteiger partial charge < -0.3 is 59.4 Å². The third kappa shape index (κ3) is 7.34. The number of hydrogen-bond acceptors (Lipinski definition) is 14. The van der Waals surface area contributed by atoms with Crippen molar-refractivity contribution in [3.05, 3.63) is 71.5 Å². The molecule has 0 radical (unpaired) electrons. The first-order valence-electron chi connectivity index (χ1n) is 14.6. The fourth-order valence-corrected chi connectivity index (χ4v) is 5.92. The lowest BCUT2D eigenvalue weighted by molar-refractivity contribution is -0.345. The molecule has 2 heterocycles. The van der Waals surface area contributed by atoms with Crippen molar-refractivity contribution < 1.29 is 73.8 Å². The molecule has 2 fully saturated rings. The Morgan fingerprint density at radius 3 is 2.40 bits per heavy atom. The summed E-state index contributed by atoms with van der Waals surface area (Å²) in [7, 11) is 0. The highest BCUT2D eigenvalue weighted by molar-refractivity contribution is 5.90. The lowest BCUT2D eigenvalue weighted by Gasteiger charge is -2.45. The summed E-state index contributed by atoms with van der Waals surface area (Å²) in [5, 5.41) is 71.4. The van der Waals surface area contributed by atoms with Crippen LogP contribution >= 0.6 is 0 Å². The fourth-order valence-electron chi connectivity index (χ4n) is 5.92. The first-order valence-corrected chi connectivity index (χ1v) is 14.6. The van der Waals surface area contributed by atoms with Gasteiger partial charge in [0.2, 0.25) is 12.6 Å². The summed E-state index contributed by atoms with van der Waals surface area (Å²) in [5.74, 6) is -5.55. The highest BCUT2D eigenvalue weighted by Gasteiger charge is 2.56. The lowest BCUT2D eigenvalue weighted by Crippen LogP contribution is -2.62. The molecule has 0 spiro atoms. The van der Waals surface area contributed by atoms with Gasteiger partial charge in [0.15, 0.2) is 17.6 Å².